The first-order valence-electron chi connectivity index (χ1n) is 13.0. The number of fused-ring (bicyclic) bond motifs is 1. The summed E-state index contributed by atoms with van der Waals surface area (Å²) in [5.41, 5.74) is 20.8. The normalized spacial score (nSPS) is 18.0. The van der Waals surface area contributed by atoms with Crippen LogP contribution in [0.1, 0.15) is 19.5 Å². The third kappa shape index (κ3) is 7.32. The number of aliphatic carboxylic acids is 2. The van der Waals surface area contributed by atoms with E-state index in [1.807, 2.05) is 0 Å². The minimum Gasteiger partial charge on any atom is -0.478 e. The van der Waals surface area contributed by atoms with Gasteiger partial charge in [0.25, 0.3) is 24.0 Å². The Morgan fingerprint density at radius 2 is 2.00 bits per heavy atom. The number of carbonyl (C=O) groups excluding carboxylic acids is 2. The van der Waals surface area contributed by atoms with E-state index < -0.39 is 46.5 Å². The molecule has 2 aliphatic heterocycles. The van der Waals surface area contributed by atoms with Gasteiger partial charge in [0.15, 0.2) is 16.8 Å². The van der Waals surface area contributed by atoms with Gasteiger partial charge in [0.1, 0.15) is 41.2 Å². The van der Waals surface area contributed by atoms with Gasteiger partial charge in [-0.1, -0.05) is 5.16 Å². The second kappa shape index (κ2) is 13.2. The molecule has 21 heteroatoms. The largest absolute Gasteiger partial charge is 0.478 e. The van der Waals surface area contributed by atoms with Crippen molar-refractivity contribution < 1.29 is 38.8 Å². The highest BCUT2D eigenvalue weighted by atomic mass is 32.2. The van der Waals surface area contributed by atoms with Crippen molar-refractivity contribution in [2.24, 2.45) is 21.6 Å². The summed E-state index contributed by atoms with van der Waals surface area (Å²) in [5, 5.41) is 29.5. The quantitative estimate of drug-likeness (QED) is 0.0279. The van der Waals surface area contributed by atoms with Crippen LogP contribution in [-0.2, 0) is 30.6 Å². The number of amides is 2. The van der Waals surface area contributed by atoms with Crippen LogP contribution >= 0.6 is 23.1 Å². The van der Waals surface area contributed by atoms with Crippen molar-refractivity contribution in [3.05, 3.63) is 34.9 Å². The molecule has 2 aliphatic rings. The third-order valence-corrected chi connectivity index (χ3v) is 8.42. The summed E-state index contributed by atoms with van der Waals surface area (Å²) in [6.07, 6.45) is 3.07. The number of thiazole rings is 1. The van der Waals surface area contributed by atoms with Crippen LogP contribution in [0.15, 0.2) is 39.3 Å². The van der Waals surface area contributed by atoms with Gasteiger partial charge in [-0.15, -0.1) is 23.1 Å². The average molecular weight is 664 g/mol. The van der Waals surface area contributed by atoms with Gasteiger partial charge in [-0.25, -0.2) is 19.1 Å². The Morgan fingerprint density at radius 3 is 2.62 bits per heavy atom. The lowest BCUT2D eigenvalue weighted by atomic mass is 10.0. The number of nitrogens with zero attached hydrogens (tertiary/aromatic N) is 6. The second-order valence-corrected chi connectivity index (χ2v) is 12.1. The number of carboxylic acids is 2. The van der Waals surface area contributed by atoms with Gasteiger partial charge in [-0.05, 0) is 18.8 Å². The molecule has 4 rings (SSSR count). The van der Waals surface area contributed by atoms with E-state index in [2.05, 4.69) is 30.7 Å². The van der Waals surface area contributed by atoms with E-state index in [0.717, 1.165) is 16.2 Å². The number of thioether (sulfide) groups is 1. The Kier molecular flexibility index (Phi) is 9.61. The number of carboxylic acid groups (broad SMARTS) is 2. The molecule has 2 aromatic rings. The lowest BCUT2D eigenvalue weighted by Gasteiger charge is -2.49. The number of oxime groups is 1. The SMILES string of the molecule is CC(C)(O/N=C(\C(=O)N[C@@H]1C(=O)N2C(C(=O)O)=C(C[n+]3cnc(N)c(NCCN=C(N)N)c3)CS[C@H]12)c1csc(N)n1)C(=O)O. The lowest BCUT2D eigenvalue weighted by Crippen LogP contribution is -2.71. The zero-order valence-electron chi connectivity index (χ0n) is 24.0. The molecule has 0 aliphatic carbocycles. The van der Waals surface area contributed by atoms with Gasteiger partial charge in [-0.3, -0.25) is 19.5 Å². The Hall–Kier alpha value is -5.18. The molecule has 1 fully saturated rings. The number of hydrogen-bond acceptors (Lipinski definition) is 14. The maximum Gasteiger partial charge on any atom is 0.352 e. The molecule has 12 N–H and O–H groups in total. The van der Waals surface area contributed by atoms with Crippen molar-refractivity contribution >= 4 is 75.2 Å². The predicted molar refractivity (Wildman–Crippen MR) is 164 cm³/mol. The maximum absolute atomic E-state index is 13.3. The van der Waals surface area contributed by atoms with Crippen LogP contribution in [0.25, 0.3) is 0 Å². The van der Waals surface area contributed by atoms with E-state index in [1.54, 1.807) is 10.8 Å². The van der Waals surface area contributed by atoms with Crippen molar-refractivity contribution in [3.63, 3.8) is 0 Å². The zero-order chi connectivity index (χ0) is 33.1. The summed E-state index contributed by atoms with van der Waals surface area (Å²) in [7, 11) is 0. The van der Waals surface area contributed by atoms with Crippen molar-refractivity contribution in [2.45, 2.75) is 37.4 Å². The summed E-state index contributed by atoms with van der Waals surface area (Å²) >= 11 is 2.26. The second-order valence-electron chi connectivity index (χ2n) is 10.1. The molecule has 0 bridgehead atoms. The van der Waals surface area contributed by atoms with Crippen LogP contribution in [0.4, 0.5) is 16.6 Å². The van der Waals surface area contributed by atoms with E-state index in [-0.39, 0.29) is 47.1 Å². The van der Waals surface area contributed by atoms with Gasteiger partial charge in [0.05, 0.1) is 6.54 Å². The van der Waals surface area contributed by atoms with E-state index in [4.69, 9.17) is 27.8 Å². The number of carbonyl (C=O) groups is 4. The molecule has 1 saturated heterocycles. The Morgan fingerprint density at radius 1 is 1.27 bits per heavy atom. The molecule has 2 atom stereocenters. The number of rotatable bonds is 13. The first kappa shape index (κ1) is 32.7. The molecule has 0 unspecified atom stereocenters. The Labute approximate surface area is 263 Å². The molecule has 19 nitrogen and oxygen atoms in total. The molecule has 0 saturated carbocycles. The van der Waals surface area contributed by atoms with Crippen molar-refractivity contribution in [2.75, 3.05) is 35.6 Å². The molecule has 4 heterocycles. The minimum absolute atomic E-state index is 0.00347. The number of aromatic nitrogens is 3. The summed E-state index contributed by atoms with van der Waals surface area (Å²) in [6.45, 7) is 3.19. The average Bonchev–Trinajstić information content (AvgIpc) is 3.40. The standard InChI is InChI=1S/C24H30N12O7S2/c1-24(2,21(41)42)43-34-13(12-8-45-23(28)32-12)17(37)33-14-18(38)36-15(20(39)40)10(7-44-19(14)36)5-35-6-11(16(25)31-9-35)29-3-4-30-22(26)27/h6,8-9,14,19,25,29H,3-5,7H2,1-2H3,(H9,26,27,28,30,32,33,37,39,40,41,42)/p+1/b34-13-/t14-,19-/m1/s1. The molecule has 0 radical (unpaired) electrons. The Bertz CT molecular complexity index is 1620. The van der Waals surface area contributed by atoms with Crippen molar-refractivity contribution in [1.29, 1.82) is 0 Å². The van der Waals surface area contributed by atoms with Gasteiger partial charge in [-0.2, -0.15) is 0 Å². The van der Waals surface area contributed by atoms with Crippen LogP contribution in [0.5, 0.6) is 0 Å². The van der Waals surface area contributed by atoms with E-state index >= 15 is 0 Å². The number of anilines is 3. The highest BCUT2D eigenvalue weighted by Crippen LogP contribution is 2.40. The van der Waals surface area contributed by atoms with Gasteiger partial charge in [0.2, 0.25) is 5.60 Å². The van der Waals surface area contributed by atoms with Crippen molar-refractivity contribution in [3.8, 4) is 0 Å². The molecule has 2 aromatic heterocycles. The number of guanidine groups is 1. The highest BCUT2D eigenvalue weighted by molar-refractivity contribution is 8.00. The van der Waals surface area contributed by atoms with E-state index in [9.17, 15) is 29.4 Å². The predicted octanol–water partition coefficient (Wildman–Crippen LogP) is -2.30. The fourth-order valence-electron chi connectivity index (χ4n) is 4.10. The summed E-state index contributed by atoms with van der Waals surface area (Å²) in [4.78, 5) is 68.6. The maximum atomic E-state index is 13.3. The minimum atomic E-state index is -1.78. The van der Waals surface area contributed by atoms with Crippen LogP contribution in [0.3, 0.4) is 0 Å². The first-order valence-corrected chi connectivity index (χ1v) is 15.0. The topological polar surface area (TPSA) is 304 Å². The molecule has 240 valence electrons. The van der Waals surface area contributed by atoms with Crippen molar-refractivity contribution in [1.82, 2.24) is 20.2 Å². The Balaban J connectivity index is 1.51. The summed E-state index contributed by atoms with van der Waals surface area (Å²) in [5.74, 6) is -3.85. The number of nitrogens with one attached hydrogen (secondary N) is 2. The smallest absolute Gasteiger partial charge is 0.352 e. The van der Waals surface area contributed by atoms with E-state index in [0.29, 0.717) is 17.8 Å². The fourth-order valence-corrected chi connectivity index (χ4v) is 5.99. The molecular weight excluding hydrogens is 632 g/mol. The third-order valence-electron chi connectivity index (χ3n) is 6.41. The monoisotopic (exact) mass is 663 g/mol. The molecular formula is C24H31N12O7S2+. The van der Waals surface area contributed by atoms with Gasteiger partial charge >= 0.3 is 11.9 Å². The fraction of sp³-hybridized carbons (Fsp3) is 0.375. The molecule has 2 amide bonds. The summed E-state index contributed by atoms with van der Waals surface area (Å²) in [6, 6.07) is -1.11. The summed E-state index contributed by atoms with van der Waals surface area (Å²) < 4.78 is 1.61. The number of nitrogens with two attached hydrogens (primary N) is 4. The lowest BCUT2D eigenvalue weighted by molar-refractivity contribution is -0.691. The van der Waals surface area contributed by atoms with Crippen LogP contribution < -0.4 is 38.1 Å². The van der Waals surface area contributed by atoms with Gasteiger partial charge < -0.3 is 48.6 Å². The highest BCUT2D eigenvalue weighted by Gasteiger charge is 2.54. The van der Waals surface area contributed by atoms with E-state index in [1.165, 1.54) is 37.3 Å². The molecule has 45 heavy (non-hydrogen) atoms. The van der Waals surface area contributed by atoms with Gasteiger partial charge in [0, 0.05) is 23.3 Å². The van der Waals surface area contributed by atoms with Crippen LogP contribution in [0.2, 0.25) is 0 Å². The number of nitrogen functional groups attached to an aromatic ring is 2. The molecule has 0 aromatic carbocycles. The zero-order valence-corrected chi connectivity index (χ0v) is 25.6. The van der Waals surface area contributed by atoms with Crippen LogP contribution in [0, 0.1) is 0 Å². The number of hydrogen-bond donors (Lipinski definition) is 8. The first-order chi connectivity index (χ1) is 21.2. The molecule has 0 spiro atoms. The number of aliphatic imine (C=N–C) groups is 1. The number of β-lactam (4-membered cyclic amide) rings is 1. The van der Waals surface area contributed by atoms with Crippen LogP contribution in [-0.4, -0.2) is 96.4 Å².